The Hall–Kier alpha value is -3.61. The molecule has 1 amide bonds. The molecule has 1 aromatic heterocycles. The van der Waals surface area contributed by atoms with Gasteiger partial charge in [0.2, 0.25) is 5.95 Å². The number of aryl methyl sites for hydroxylation is 2. The first kappa shape index (κ1) is 20.7. The highest BCUT2D eigenvalue weighted by Gasteiger charge is 2.16. The van der Waals surface area contributed by atoms with Crippen LogP contribution >= 0.6 is 0 Å². The Morgan fingerprint density at radius 2 is 1.71 bits per heavy atom. The number of rotatable bonds is 7. The number of carbonyl (C=O) groups is 1. The number of hydrogen-bond donors (Lipinski definition) is 2. The Morgan fingerprint density at radius 3 is 2.45 bits per heavy atom. The number of nitrogens with zero attached hydrogens (tertiary/aromatic N) is 3. The lowest BCUT2D eigenvalue weighted by Gasteiger charge is -2.17. The molecule has 0 radical (unpaired) electrons. The van der Waals surface area contributed by atoms with Crippen LogP contribution in [-0.2, 0) is 4.79 Å². The van der Waals surface area contributed by atoms with Crippen molar-refractivity contribution in [2.45, 2.75) is 26.7 Å². The molecule has 1 saturated heterocycles. The summed E-state index contributed by atoms with van der Waals surface area (Å²) in [6.07, 6.45) is 2.37. The van der Waals surface area contributed by atoms with Gasteiger partial charge in [-0.1, -0.05) is 18.2 Å². The molecular weight excluding hydrogens is 390 g/mol. The molecule has 2 heterocycles. The summed E-state index contributed by atoms with van der Waals surface area (Å²) in [6.45, 7) is 5.90. The van der Waals surface area contributed by atoms with E-state index in [1.54, 1.807) is 0 Å². The Balaban J connectivity index is 1.34. The number of ether oxygens (including phenoxy) is 1. The van der Waals surface area contributed by atoms with Gasteiger partial charge in [-0.2, -0.15) is 4.98 Å². The van der Waals surface area contributed by atoms with Gasteiger partial charge in [0.25, 0.3) is 5.91 Å². The molecule has 7 heteroatoms. The van der Waals surface area contributed by atoms with Crippen molar-refractivity contribution in [3.63, 3.8) is 0 Å². The quantitative estimate of drug-likeness (QED) is 0.591. The minimum atomic E-state index is -0.203. The third kappa shape index (κ3) is 5.51. The second-order valence-electron chi connectivity index (χ2n) is 7.69. The molecule has 160 valence electrons. The van der Waals surface area contributed by atoms with Crippen LogP contribution in [0, 0.1) is 13.8 Å². The van der Waals surface area contributed by atoms with Crippen LogP contribution in [0.25, 0.3) is 0 Å². The second-order valence-corrected chi connectivity index (χ2v) is 7.69. The van der Waals surface area contributed by atoms with Crippen molar-refractivity contribution in [2.75, 3.05) is 35.2 Å². The lowest BCUT2D eigenvalue weighted by molar-refractivity contribution is -0.118. The third-order valence-corrected chi connectivity index (χ3v) is 5.12. The Labute approximate surface area is 182 Å². The molecule has 0 bridgehead atoms. The summed E-state index contributed by atoms with van der Waals surface area (Å²) >= 11 is 0. The molecule has 1 aliphatic heterocycles. The molecule has 0 saturated carbocycles. The van der Waals surface area contributed by atoms with Crippen LogP contribution in [-0.4, -0.2) is 35.6 Å². The summed E-state index contributed by atoms with van der Waals surface area (Å²) in [5.74, 6) is 2.05. The zero-order chi connectivity index (χ0) is 21.6. The first-order valence-electron chi connectivity index (χ1n) is 10.5. The normalized spacial score (nSPS) is 13.2. The van der Waals surface area contributed by atoms with Crippen LogP contribution in [0.15, 0.2) is 54.6 Å². The van der Waals surface area contributed by atoms with E-state index in [1.807, 2.05) is 68.4 Å². The predicted octanol–water partition coefficient (Wildman–Crippen LogP) is 4.45. The second kappa shape index (κ2) is 9.47. The fourth-order valence-electron chi connectivity index (χ4n) is 3.52. The number of hydrogen-bond acceptors (Lipinski definition) is 6. The van der Waals surface area contributed by atoms with E-state index in [4.69, 9.17) is 4.74 Å². The lowest BCUT2D eigenvalue weighted by atomic mass is 10.2. The lowest BCUT2D eigenvalue weighted by Crippen LogP contribution is -2.21. The van der Waals surface area contributed by atoms with Gasteiger partial charge in [-0.3, -0.25) is 4.79 Å². The van der Waals surface area contributed by atoms with E-state index >= 15 is 0 Å². The first-order chi connectivity index (χ1) is 15.1. The van der Waals surface area contributed by atoms with Crippen LogP contribution in [0.4, 0.5) is 23.1 Å². The topological polar surface area (TPSA) is 79.4 Å². The average molecular weight is 418 g/mol. The van der Waals surface area contributed by atoms with Crippen molar-refractivity contribution in [3.05, 3.63) is 65.9 Å². The van der Waals surface area contributed by atoms with E-state index in [9.17, 15) is 4.79 Å². The van der Waals surface area contributed by atoms with Crippen molar-refractivity contribution in [1.82, 2.24) is 9.97 Å². The maximum Gasteiger partial charge on any atom is 0.262 e. The minimum absolute atomic E-state index is 0.0374. The highest BCUT2D eigenvalue weighted by Crippen LogP contribution is 2.22. The zero-order valence-electron chi connectivity index (χ0n) is 17.9. The van der Waals surface area contributed by atoms with E-state index in [1.165, 1.54) is 12.8 Å². The van der Waals surface area contributed by atoms with Gasteiger partial charge in [0.15, 0.2) is 6.61 Å². The molecule has 0 atom stereocenters. The fourth-order valence-corrected chi connectivity index (χ4v) is 3.52. The SMILES string of the molecule is Cc1cc(Nc2ccc(NC(=O)COc3ccccc3C)cc2)nc(N2CCCC2)n1. The van der Waals surface area contributed by atoms with Crippen molar-refractivity contribution in [1.29, 1.82) is 0 Å². The number of amides is 1. The van der Waals surface area contributed by atoms with E-state index in [2.05, 4.69) is 25.5 Å². The molecule has 0 unspecified atom stereocenters. The molecule has 2 N–H and O–H groups in total. The third-order valence-electron chi connectivity index (χ3n) is 5.12. The van der Waals surface area contributed by atoms with E-state index in [0.717, 1.165) is 41.8 Å². The number of anilines is 4. The van der Waals surface area contributed by atoms with Crippen molar-refractivity contribution in [3.8, 4) is 5.75 Å². The molecular formula is C24H27N5O2. The first-order valence-corrected chi connectivity index (χ1v) is 10.5. The van der Waals surface area contributed by atoms with Gasteiger partial charge >= 0.3 is 0 Å². The standard InChI is InChI=1S/C24H27N5O2/c1-17-7-3-4-8-21(17)31-16-23(30)27-20-11-9-19(10-12-20)26-22-15-18(2)25-24(28-22)29-13-5-6-14-29/h3-4,7-12,15H,5-6,13-14,16H2,1-2H3,(H,27,30)(H,25,26,28). The number of benzene rings is 2. The summed E-state index contributed by atoms with van der Waals surface area (Å²) in [6, 6.07) is 17.1. The van der Waals surface area contributed by atoms with Crippen LogP contribution < -0.4 is 20.3 Å². The molecule has 31 heavy (non-hydrogen) atoms. The summed E-state index contributed by atoms with van der Waals surface area (Å²) in [7, 11) is 0. The molecule has 1 aliphatic rings. The summed E-state index contributed by atoms with van der Waals surface area (Å²) in [5.41, 5.74) is 3.52. The highest BCUT2D eigenvalue weighted by molar-refractivity contribution is 5.92. The Morgan fingerprint density at radius 1 is 1.00 bits per heavy atom. The molecule has 2 aromatic carbocycles. The number of aromatic nitrogens is 2. The van der Waals surface area contributed by atoms with Crippen molar-refractivity contribution < 1.29 is 9.53 Å². The summed E-state index contributed by atoms with van der Waals surface area (Å²) < 4.78 is 5.60. The zero-order valence-corrected chi connectivity index (χ0v) is 17.9. The summed E-state index contributed by atoms with van der Waals surface area (Å²) in [5, 5.41) is 6.18. The van der Waals surface area contributed by atoms with Gasteiger partial charge in [0.1, 0.15) is 11.6 Å². The van der Waals surface area contributed by atoms with E-state index in [-0.39, 0.29) is 12.5 Å². The minimum Gasteiger partial charge on any atom is -0.483 e. The number of carbonyl (C=O) groups excluding carboxylic acids is 1. The maximum atomic E-state index is 12.2. The Bertz CT molecular complexity index is 1050. The maximum absolute atomic E-state index is 12.2. The predicted molar refractivity (Wildman–Crippen MR) is 123 cm³/mol. The van der Waals surface area contributed by atoms with Crippen LogP contribution in [0.2, 0.25) is 0 Å². The van der Waals surface area contributed by atoms with Crippen LogP contribution in [0.5, 0.6) is 5.75 Å². The smallest absolute Gasteiger partial charge is 0.262 e. The van der Waals surface area contributed by atoms with Gasteiger partial charge < -0.3 is 20.3 Å². The molecule has 1 fully saturated rings. The van der Waals surface area contributed by atoms with Crippen LogP contribution in [0.1, 0.15) is 24.1 Å². The van der Waals surface area contributed by atoms with Gasteiger partial charge in [-0.25, -0.2) is 4.98 Å². The largest absolute Gasteiger partial charge is 0.483 e. The van der Waals surface area contributed by atoms with Gasteiger partial charge in [0, 0.05) is 36.2 Å². The summed E-state index contributed by atoms with van der Waals surface area (Å²) in [4.78, 5) is 23.6. The number of para-hydroxylation sites is 1. The van der Waals surface area contributed by atoms with Crippen molar-refractivity contribution in [2.24, 2.45) is 0 Å². The van der Waals surface area contributed by atoms with Crippen molar-refractivity contribution >= 4 is 29.0 Å². The fraction of sp³-hybridized carbons (Fsp3) is 0.292. The molecule has 7 nitrogen and oxygen atoms in total. The Kier molecular flexibility index (Phi) is 6.31. The van der Waals surface area contributed by atoms with Gasteiger partial charge in [-0.15, -0.1) is 0 Å². The molecule has 0 spiro atoms. The molecule has 4 rings (SSSR count). The van der Waals surface area contributed by atoms with E-state index in [0.29, 0.717) is 11.4 Å². The average Bonchev–Trinajstić information content (AvgIpc) is 3.29. The van der Waals surface area contributed by atoms with Gasteiger partial charge in [-0.05, 0) is 62.6 Å². The monoisotopic (exact) mass is 417 g/mol. The van der Waals surface area contributed by atoms with Crippen LogP contribution in [0.3, 0.4) is 0 Å². The molecule has 3 aromatic rings. The molecule has 0 aliphatic carbocycles. The van der Waals surface area contributed by atoms with E-state index < -0.39 is 0 Å². The number of nitrogens with one attached hydrogen (secondary N) is 2. The van der Waals surface area contributed by atoms with Gasteiger partial charge in [0.05, 0.1) is 0 Å². The highest BCUT2D eigenvalue weighted by atomic mass is 16.5.